The summed E-state index contributed by atoms with van der Waals surface area (Å²) in [5.74, 6) is 0.787. The van der Waals surface area contributed by atoms with Crippen LogP contribution in [0.3, 0.4) is 0 Å². The van der Waals surface area contributed by atoms with Crippen molar-refractivity contribution in [3.05, 3.63) is 34.3 Å². The molecular formula is C14H15NO3S. The number of hydrogen-bond acceptors (Lipinski definition) is 5. The number of phenols is 1. The fourth-order valence-electron chi connectivity index (χ4n) is 1.65. The average Bonchev–Trinajstić information content (AvgIpc) is 2.83. The largest absolute Gasteiger partial charge is 0.502 e. The van der Waals surface area contributed by atoms with Gasteiger partial charge in [0.1, 0.15) is 0 Å². The van der Waals surface area contributed by atoms with Crippen molar-refractivity contribution in [1.82, 2.24) is 4.37 Å². The third-order valence-electron chi connectivity index (χ3n) is 2.59. The van der Waals surface area contributed by atoms with Crippen LogP contribution >= 0.6 is 11.5 Å². The molecule has 4 nitrogen and oxygen atoms in total. The van der Waals surface area contributed by atoms with E-state index in [0.29, 0.717) is 11.5 Å². The Balaban J connectivity index is 2.32. The van der Waals surface area contributed by atoms with Crippen molar-refractivity contribution >= 4 is 23.7 Å². The number of aryl methyl sites for hydroxylation is 1. The highest BCUT2D eigenvalue weighted by atomic mass is 32.1. The van der Waals surface area contributed by atoms with Crippen LogP contribution in [0, 0.1) is 6.92 Å². The first-order valence-electron chi connectivity index (χ1n) is 5.70. The molecule has 0 saturated carbocycles. The minimum absolute atomic E-state index is 0.00999. The van der Waals surface area contributed by atoms with Crippen molar-refractivity contribution in [3.63, 3.8) is 0 Å². The molecule has 0 aliphatic heterocycles. The summed E-state index contributed by atoms with van der Waals surface area (Å²) in [7, 11) is 3.02. The lowest BCUT2D eigenvalue weighted by atomic mass is 10.1. The first-order chi connectivity index (χ1) is 9.13. The Morgan fingerprint density at radius 1 is 1.11 bits per heavy atom. The van der Waals surface area contributed by atoms with E-state index in [-0.39, 0.29) is 5.75 Å². The van der Waals surface area contributed by atoms with Crippen LogP contribution in [0.15, 0.2) is 18.2 Å². The van der Waals surface area contributed by atoms with E-state index in [1.54, 1.807) is 12.1 Å². The number of benzene rings is 1. The predicted octanol–water partition coefficient (Wildman–Crippen LogP) is 3.34. The third kappa shape index (κ3) is 3.06. The maximum Gasteiger partial charge on any atom is 0.200 e. The second kappa shape index (κ2) is 5.75. The number of nitrogens with zero attached hydrogens (tertiary/aromatic N) is 1. The monoisotopic (exact) mass is 277 g/mol. The molecule has 2 rings (SSSR count). The molecule has 0 aliphatic rings. The summed E-state index contributed by atoms with van der Waals surface area (Å²) in [6.45, 7) is 1.96. The second-order valence-electron chi connectivity index (χ2n) is 3.98. The van der Waals surface area contributed by atoms with Crippen molar-refractivity contribution in [1.29, 1.82) is 0 Å². The SMILES string of the molecule is COc1cc(/C=C/c2cc(C)ns2)cc(OC)c1O. The summed E-state index contributed by atoms with van der Waals surface area (Å²) in [4.78, 5) is 1.07. The van der Waals surface area contributed by atoms with E-state index in [1.165, 1.54) is 25.8 Å². The summed E-state index contributed by atoms with van der Waals surface area (Å²) in [5, 5.41) is 9.82. The van der Waals surface area contributed by atoms with E-state index in [2.05, 4.69) is 4.37 Å². The normalized spacial score (nSPS) is 10.9. The number of hydrogen-bond donors (Lipinski definition) is 1. The molecule has 1 heterocycles. The summed E-state index contributed by atoms with van der Waals surface area (Å²) < 4.78 is 14.4. The summed E-state index contributed by atoms with van der Waals surface area (Å²) in [6.07, 6.45) is 3.90. The van der Waals surface area contributed by atoms with Gasteiger partial charge >= 0.3 is 0 Å². The molecule has 0 saturated heterocycles. The maximum absolute atomic E-state index is 9.82. The highest BCUT2D eigenvalue weighted by Crippen LogP contribution is 2.37. The molecule has 2 aromatic rings. The van der Waals surface area contributed by atoms with Gasteiger partial charge in [0.15, 0.2) is 11.5 Å². The number of rotatable bonds is 4. The zero-order valence-corrected chi connectivity index (χ0v) is 11.8. The highest BCUT2D eigenvalue weighted by Gasteiger charge is 2.09. The Kier molecular flexibility index (Phi) is 4.06. The van der Waals surface area contributed by atoms with Crippen LogP contribution in [-0.4, -0.2) is 23.7 Å². The van der Waals surface area contributed by atoms with Crippen LogP contribution in [-0.2, 0) is 0 Å². The van der Waals surface area contributed by atoms with Gasteiger partial charge in [-0.2, -0.15) is 4.37 Å². The van der Waals surface area contributed by atoms with Gasteiger partial charge in [-0.15, -0.1) is 0 Å². The van der Waals surface area contributed by atoms with Crippen molar-refractivity contribution in [3.8, 4) is 17.2 Å². The Morgan fingerprint density at radius 2 is 1.74 bits per heavy atom. The molecule has 0 bridgehead atoms. The molecule has 1 N–H and O–H groups in total. The number of phenolic OH excluding ortho intramolecular Hbond substituents is 1. The highest BCUT2D eigenvalue weighted by molar-refractivity contribution is 7.06. The van der Waals surface area contributed by atoms with Gasteiger partial charge in [-0.3, -0.25) is 0 Å². The molecule has 1 aromatic carbocycles. The molecule has 0 fully saturated rings. The molecule has 0 radical (unpaired) electrons. The minimum atomic E-state index is 0.00999. The smallest absolute Gasteiger partial charge is 0.200 e. The summed E-state index contributed by atoms with van der Waals surface area (Å²) in [6, 6.07) is 5.51. The number of methoxy groups -OCH3 is 2. The molecule has 0 amide bonds. The van der Waals surface area contributed by atoms with Gasteiger partial charge < -0.3 is 14.6 Å². The van der Waals surface area contributed by atoms with Gasteiger partial charge in [0.2, 0.25) is 5.75 Å². The van der Waals surface area contributed by atoms with Gasteiger partial charge in [-0.05, 0) is 48.3 Å². The van der Waals surface area contributed by atoms with Gasteiger partial charge in [0.05, 0.1) is 19.9 Å². The Labute approximate surface area is 116 Å². The zero-order valence-electron chi connectivity index (χ0n) is 11.0. The fraction of sp³-hybridized carbons (Fsp3) is 0.214. The quantitative estimate of drug-likeness (QED) is 0.931. The van der Waals surface area contributed by atoms with E-state index in [1.807, 2.05) is 25.1 Å². The molecule has 19 heavy (non-hydrogen) atoms. The van der Waals surface area contributed by atoms with Gasteiger partial charge in [0.25, 0.3) is 0 Å². The number of ether oxygens (including phenoxy) is 2. The Morgan fingerprint density at radius 3 is 2.21 bits per heavy atom. The molecule has 0 aliphatic carbocycles. The van der Waals surface area contributed by atoms with Crippen LogP contribution in [0.1, 0.15) is 16.1 Å². The lowest BCUT2D eigenvalue weighted by Gasteiger charge is -2.09. The third-order valence-corrected chi connectivity index (χ3v) is 3.43. The van der Waals surface area contributed by atoms with Crippen molar-refractivity contribution in [2.24, 2.45) is 0 Å². The maximum atomic E-state index is 9.82. The van der Waals surface area contributed by atoms with E-state index in [0.717, 1.165) is 16.1 Å². The van der Waals surface area contributed by atoms with Crippen LogP contribution < -0.4 is 9.47 Å². The van der Waals surface area contributed by atoms with Crippen molar-refractivity contribution < 1.29 is 14.6 Å². The number of aromatic nitrogens is 1. The van der Waals surface area contributed by atoms with Gasteiger partial charge in [0, 0.05) is 4.88 Å². The summed E-state index contributed by atoms with van der Waals surface area (Å²) >= 11 is 1.44. The topological polar surface area (TPSA) is 51.6 Å². The van der Waals surface area contributed by atoms with Crippen LogP contribution in [0.5, 0.6) is 17.2 Å². The lowest BCUT2D eigenvalue weighted by molar-refractivity contribution is 0.340. The molecule has 0 spiro atoms. The van der Waals surface area contributed by atoms with E-state index >= 15 is 0 Å². The van der Waals surface area contributed by atoms with E-state index in [4.69, 9.17) is 9.47 Å². The van der Waals surface area contributed by atoms with Crippen molar-refractivity contribution in [2.45, 2.75) is 6.92 Å². The Hall–Kier alpha value is -2.01. The van der Waals surface area contributed by atoms with Crippen LogP contribution in [0.25, 0.3) is 12.2 Å². The van der Waals surface area contributed by atoms with Gasteiger partial charge in [-0.1, -0.05) is 6.08 Å². The first-order valence-corrected chi connectivity index (χ1v) is 6.47. The molecule has 0 unspecified atom stereocenters. The van der Waals surface area contributed by atoms with E-state index < -0.39 is 0 Å². The standard InChI is InChI=1S/C14H15NO3S/c1-9-6-11(19-15-9)5-4-10-7-12(17-2)14(16)13(8-10)18-3/h4-8,16H,1-3H3/b5-4+. The molecular weight excluding hydrogens is 262 g/mol. The first kappa shape index (κ1) is 13.4. The fourth-order valence-corrected chi connectivity index (χ4v) is 2.30. The van der Waals surface area contributed by atoms with E-state index in [9.17, 15) is 5.11 Å². The predicted molar refractivity (Wildman–Crippen MR) is 77.0 cm³/mol. The average molecular weight is 277 g/mol. The summed E-state index contributed by atoms with van der Waals surface area (Å²) in [5.41, 5.74) is 1.89. The zero-order chi connectivity index (χ0) is 13.8. The van der Waals surface area contributed by atoms with Gasteiger partial charge in [-0.25, -0.2) is 0 Å². The molecule has 100 valence electrons. The molecule has 0 atom stereocenters. The second-order valence-corrected chi connectivity index (χ2v) is 4.81. The molecule has 1 aromatic heterocycles. The lowest BCUT2D eigenvalue weighted by Crippen LogP contribution is -1.90. The Bertz CT molecular complexity index is 579. The van der Waals surface area contributed by atoms with Crippen molar-refractivity contribution in [2.75, 3.05) is 14.2 Å². The number of aromatic hydroxyl groups is 1. The minimum Gasteiger partial charge on any atom is -0.502 e. The van der Waals surface area contributed by atoms with Crippen LogP contribution in [0.2, 0.25) is 0 Å². The molecule has 5 heteroatoms. The van der Waals surface area contributed by atoms with Crippen LogP contribution in [0.4, 0.5) is 0 Å².